The van der Waals surface area contributed by atoms with Gasteiger partial charge in [-0.25, -0.2) is 8.78 Å². The molecule has 76 valence electrons. The molecule has 1 saturated carbocycles. The third kappa shape index (κ3) is 2.10. The van der Waals surface area contributed by atoms with Crippen molar-refractivity contribution in [2.75, 3.05) is 0 Å². The van der Waals surface area contributed by atoms with Gasteiger partial charge < -0.3 is 5.11 Å². The van der Waals surface area contributed by atoms with Crippen molar-refractivity contribution < 1.29 is 13.9 Å². The quantitative estimate of drug-likeness (QED) is 0.790. The molecule has 0 heterocycles. The molecule has 1 fully saturated rings. The zero-order chi connectivity index (χ0) is 10.2. The van der Waals surface area contributed by atoms with Crippen LogP contribution in [0, 0.1) is 11.6 Å². The fourth-order valence-corrected chi connectivity index (χ4v) is 1.47. The van der Waals surface area contributed by atoms with Gasteiger partial charge in [0.25, 0.3) is 0 Å². The normalized spacial score (nSPS) is 18.2. The molecule has 1 aliphatic rings. The van der Waals surface area contributed by atoms with Crippen LogP contribution in [-0.4, -0.2) is 10.7 Å². The van der Waals surface area contributed by atoms with Crippen LogP contribution in [0.15, 0.2) is 18.2 Å². The van der Waals surface area contributed by atoms with Crippen molar-refractivity contribution in [3.63, 3.8) is 0 Å². The average molecular weight is 198 g/mol. The van der Waals surface area contributed by atoms with E-state index in [1.807, 2.05) is 0 Å². The molecule has 1 nitrogen and oxygen atoms in total. The van der Waals surface area contributed by atoms with Gasteiger partial charge in [-0.3, -0.25) is 0 Å². The Morgan fingerprint density at radius 2 is 1.93 bits per heavy atom. The van der Waals surface area contributed by atoms with E-state index in [-0.39, 0.29) is 0 Å². The van der Waals surface area contributed by atoms with Crippen molar-refractivity contribution in [1.82, 2.24) is 0 Å². The first-order chi connectivity index (χ1) is 6.59. The Hall–Kier alpha value is -0.960. The van der Waals surface area contributed by atoms with Gasteiger partial charge in [-0.1, -0.05) is 6.07 Å². The summed E-state index contributed by atoms with van der Waals surface area (Å²) in [6, 6.07) is 3.88. The molecule has 0 radical (unpaired) electrons. The first-order valence-corrected chi connectivity index (χ1v) is 4.75. The Balaban J connectivity index is 1.99. The number of hydrogen-bond donors (Lipinski definition) is 1. The summed E-state index contributed by atoms with van der Waals surface area (Å²) < 4.78 is 25.3. The van der Waals surface area contributed by atoms with E-state index in [9.17, 15) is 13.9 Å². The summed E-state index contributed by atoms with van der Waals surface area (Å²) in [7, 11) is 0. The highest BCUT2D eigenvalue weighted by atomic mass is 19.2. The van der Waals surface area contributed by atoms with Crippen LogP contribution in [0.3, 0.4) is 0 Å². The lowest BCUT2D eigenvalue weighted by Gasteiger charge is -2.06. The van der Waals surface area contributed by atoms with Crippen LogP contribution < -0.4 is 0 Å². The predicted molar refractivity (Wildman–Crippen MR) is 48.9 cm³/mol. The van der Waals surface area contributed by atoms with E-state index in [1.165, 1.54) is 6.07 Å². The summed E-state index contributed by atoms with van der Waals surface area (Å²) in [6.45, 7) is 0. The molecule has 14 heavy (non-hydrogen) atoms. The number of aryl methyl sites for hydroxylation is 1. The van der Waals surface area contributed by atoms with Crippen molar-refractivity contribution >= 4 is 0 Å². The zero-order valence-electron chi connectivity index (χ0n) is 7.76. The van der Waals surface area contributed by atoms with Gasteiger partial charge in [-0.05, 0) is 43.4 Å². The third-order valence-corrected chi connectivity index (χ3v) is 2.69. The molecule has 1 aromatic carbocycles. The second-order valence-electron chi connectivity index (χ2n) is 3.97. The second-order valence-corrected chi connectivity index (χ2v) is 3.97. The number of benzene rings is 1. The Kier molecular flexibility index (Phi) is 2.27. The minimum atomic E-state index is -0.820. The molecule has 0 saturated heterocycles. The highest BCUT2D eigenvalue weighted by molar-refractivity contribution is 5.18. The highest BCUT2D eigenvalue weighted by Gasteiger charge is 2.39. The zero-order valence-corrected chi connectivity index (χ0v) is 7.76. The summed E-state index contributed by atoms with van der Waals surface area (Å²) in [5, 5.41) is 9.55. The summed E-state index contributed by atoms with van der Waals surface area (Å²) in [5.41, 5.74) is 0.217. The van der Waals surface area contributed by atoms with E-state index in [0.29, 0.717) is 12.8 Å². The first kappa shape index (κ1) is 9.59. The molecule has 0 aliphatic heterocycles. The van der Waals surface area contributed by atoms with E-state index in [1.54, 1.807) is 6.07 Å². The smallest absolute Gasteiger partial charge is 0.159 e. The van der Waals surface area contributed by atoms with Crippen molar-refractivity contribution in [3.8, 4) is 0 Å². The molecule has 0 amide bonds. The van der Waals surface area contributed by atoms with Gasteiger partial charge in [0.05, 0.1) is 5.60 Å². The number of halogens is 2. The van der Waals surface area contributed by atoms with Crippen molar-refractivity contribution in [2.45, 2.75) is 31.3 Å². The molecule has 0 spiro atoms. The monoisotopic (exact) mass is 198 g/mol. The maximum Gasteiger partial charge on any atom is 0.159 e. The van der Waals surface area contributed by atoms with Crippen LogP contribution >= 0.6 is 0 Å². The van der Waals surface area contributed by atoms with Crippen molar-refractivity contribution in [2.24, 2.45) is 0 Å². The Labute approximate surface area is 81.4 Å². The van der Waals surface area contributed by atoms with Crippen LogP contribution in [0.4, 0.5) is 8.78 Å². The molecular formula is C11H12F2O. The van der Waals surface area contributed by atoms with Gasteiger partial charge in [0.1, 0.15) is 0 Å². The highest BCUT2D eigenvalue weighted by Crippen LogP contribution is 2.39. The molecule has 0 atom stereocenters. The van der Waals surface area contributed by atoms with Gasteiger partial charge >= 0.3 is 0 Å². The molecule has 1 aliphatic carbocycles. The minimum absolute atomic E-state index is 0.523. The Bertz CT molecular complexity index is 345. The Morgan fingerprint density at radius 1 is 1.21 bits per heavy atom. The molecular weight excluding hydrogens is 186 g/mol. The Morgan fingerprint density at radius 3 is 2.50 bits per heavy atom. The third-order valence-electron chi connectivity index (χ3n) is 2.69. The first-order valence-electron chi connectivity index (χ1n) is 4.75. The van der Waals surface area contributed by atoms with Gasteiger partial charge in [0.15, 0.2) is 11.6 Å². The second kappa shape index (κ2) is 3.31. The fourth-order valence-electron chi connectivity index (χ4n) is 1.47. The molecule has 1 aromatic rings. The number of hydrogen-bond acceptors (Lipinski definition) is 1. The molecule has 3 heteroatoms. The van der Waals surface area contributed by atoms with Crippen molar-refractivity contribution in [3.05, 3.63) is 35.4 Å². The summed E-state index contributed by atoms with van der Waals surface area (Å²) in [4.78, 5) is 0. The molecule has 0 bridgehead atoms. The molecule has 0 aromatic heterocycles. The van der Waals surface area contributed by atoms with Crippen LogP contribution in [0.25, 0.3) is 0 Å². The van der Waals surface area contributed by atoms with Crippen LogP contribution in [0.1, 0.15) is 24.8 Å². The van der Waals surface area contributed by atoms with E-state index in [0.717, 1.165) is 24.5 Å². The largest absolute Gasteiger partial charge is 0.390 e. The van der Waals surface area contributed by atoms with Crippen LogP contribution in [0.5, 0.6) is 0 Å². The van der Waals surface area contributed by atoms with E-state index < -0.39 is 17.2 Å². The lowest BCUT2D eigenvalue weighted by atomic mass is 10.1. The van der Waals surface area contributed by atoms with Crippen LogP contribution in [0.2, 0.25) is 0 Å². The lowest BCUT2D eigenvalue weighted by molar-refractivity contribution is 0.140. The average Bonchev–Trinajstić information content (AvgIpc) is 2.87. The minimum Gasteiger partial charge on any atom is -0.390 e. The SMILES string of the molecule is OC1(CCc2ccc(F)c(F)c2)CC1. The topological polar surface area (TPSA) is 20.2 Å². The van der Waals surface area contributed by atoms with E-state index in [2.05, 4.69) is 0 Å². The maximum atomic E-state index is 12.8. The summed E-state index contributed by atoms with van der Waals surface area (Å²) >= 11 is 0. The van der Waals surface area contributed by atoms with Crippen molar-refractivity contribution in [1.29, 1.82) is 0 Å². The fraction of sp³-hybridized carbons (Fsp3) is 0.455. The number of aliphatic hydroxyl groups is 1. The standard InChI is InChI=1S/C11H12F2O/c12-9-2-1-8(7-10(9)13)3-4-11(14)5-6-11/h1-2,7,14H,3-6H2. The van der Waals surface area contributed by atoms with Gasteiger partial charge in [-0.2, -0.15) is 0 Å². The van der Waals surface area contributed by atoms with Gasteiger partial charge in [0, 0.05) is 0 Å². The molecule has 2 rings (SSSR count). The number of rotatable bonds is 3. The van der Waals surface area contributed by atoms with Gasteiger partial charge in [0.2, 0.25) is 0 Å². The predicted octanol–water partition coefficient (Wildman–Crippen LogP) is 2.42. The molecule has 0 unspecified atom stereocenters. The van der Waals surface area contributed by atoms with Gasteiger partial charge in [-0.15, -0.1) is 0 Å². The van der Waals surface area contributed by atoms with E-state index >= 15 is 0 Å². The van der Waals surface area contributed by atoms with E-state index in [4.69, 9.17) is 0 Å². The molecule has 1 N–H and O–H groups in total. The van der Waals surface area contributed by atoms with Crippen LogP contribution in [-0.2, 0) is 6.42 Å². The lowest BCUT2D eigenvalue weighted by Crippen LogP contribution is -2.07. The summed E-state index contributed by atoms with van der Waals surface area (Å²) in [6.07, 6.45) is 2.90. The maximum absolute atomic E-state index is 12.8. The summed E-state index contributed by atoms with van der Waals surface area (Å²) in [5.74, 6) is -1.64.